The summed E-state index contributed by atoms with van der Waals surface area (Å²) in [6, 6.07) is 5.28. The van der Waals surface area contributed by atoms with Gasteiger partial charge in [-0.25, -0.2) is 0 Å². The van der Waals surface area contributed by atoms with Crippen LogP contribution in [0.2, 0.25) is 5.02 Å². The van der Waals surface area contributed by atoms with Crippen LogP contribution in [0, 0.1) is 0 Å². The second kappa shape index (κ2) is 7.86. The Labute approximate surface area is 155 Å². The first-order chi connectivity index (χ1) is 12.0. The Bertz CT molecular complexity index is 811. The molecule has 1 unspecified atom stereocenters. The standard InChI is InChI=1S/C17H22ClN3O3S/c1-2-13(22)10-19-5-7-20(8-6-19)16(23)11-21-14-9-12(18)3-4-15(14)25-17(21)24/h3-4,9,13,22H,2,5-8,10-11H2,1H3. The fraction of sp³-hybridized carbons (Fsp3) is 0.529. The number of aliphatic hydroxyl groups excluding tert-OH is 1. The molecule has 8 heteroatoms. The van der Waals surface area contributed by atoms with Crippen LogP contribution in [-0.4, -0.2) is 64.2 Å². The first kappa shape index (κ1) is 18.4. The number of benzene rings is 1. The Hall–Kier alpha value is -1.41. The Morgan fingerprint density at radius 1 is 1.32 bits per heavy atom. The first-order valence-corrected chi connectivity index (χ1v) is 9.64. The van der Waals surface area contributed by atoms with Crippen LogP contribution in [0.1, 0.15) is 13.3 Å². The number of hydrogen-bond donors (Lipinski definition) is 1. The van der Waals surface area contributed by atoms with E-state index in [0.29, 0.717) is 30.2 Å². The van der Waals surface area contributed by atoms with Crippen LogP contribution in [0.15, 0.2) is 23.0 Å². The van der Waals surface area contributed by atoms with Crippen LogP contribution in [0.5, 0.6) is 0 Å². The highest BCUT2D eigenvalue weighted by Crippen LogP contribution is 2.21. The molecule has 0 aliphatic carbocycles. The zero-order valence-corrected chi connectivity index (χ0v) is 15.7. The van der Waals surface area contributed by atoms with Crippen molar-refractivity contribution >= 4 is 39.1 Å². The largest absolute Gasteiger partial charge is 0.392 e. The van der Waals surface area contributed by atoms with Crippen molar-refractivity contribution in [2.75, 3.05) is 32.7 Å². The molecule has 0 radical (unpaired) electrons. The van der Waals surface area contributed by atoms with Gasteiger partial charge in [-0.1, -0.05) is 29.9 Å². The van der Waals surface area contributed by atoms with Gasteiger partial charge in [-0.05, 0) is 24.6 Å². The van der Waals surface area contributed by atoms with E-state index in [1.807, 2.05) is 13.0 Å². The summed E-state index contributed by atoms with van der Waals surface area (Å²) in [7, 11) is 0. The molecule has 1 N–H and O–H groups in total. The van der Waals surface area contributed by atoms with E-state index in [-0.39, 0.29) is 23.4 Å². The molecule has 0 spiro atoms. The number of nitrogens with zero attached hydrogens (tertiary/aromatic N) is 3. The molecule has 1 aliphatic rings. The summed E-state index contributed by atoms with van der Waals surface area (Å²) < 4.78 is 2.34. The van der Waals surface area contributed by atoms with E-state index in [4.69, 9.17) is 11.6 Å². The molecule has 0 saturated carbocycles. The van der Waals surface area contributed by atoms with E-state index >= 15 is 0 Å². The maximum atomic E-state index is 12.6. The molecule has 1 fully saturated rings. The second-order valence-corrected chi connectivity index (χ2v) is 7.74. The highest BCUT2D eigenvalue weighted by molar-refractivity contribution is 7.16. The minimum absolute atomic E-state index is 0.0385. The predicted molar refractivity (Wildman–Crippen MR) is 100 cm³/mol. The normalized spacial score (nSPS) is 17.2. The van der Waals surface area contributed by atoms with E-state index < -0.39 is 0 Å². The number of hydrogen-bond acceptors (Lipinski definition) is 5. The number of thiazole rings is 1. The molecular weight excluding hydrogens is 362 g/mol. The van der Waals surface area contributed by atoms with Gasteiger partial charge >= 0.3 is 4.87 Å². The SMILES string of the molecule is CCC(O)CN1CCN(C(=O)Cn2c(=O)sc3ccc(Cl)cc32)CC1. The lowest BCUT2D eigenvalue weighted by atomic mass is 10.2. The Kier molecular flexibility index (Phi) is 5.78. The van der Waals surface area contributed by atoms with E-state index in [1.54, 1.807) is 17.0 Å². The minimum atomic E-state index is -0.317. The molecule has 1 aliphatic heterocycles. The number of carbonyl (C=O) groups is 1. The zero-order chi connectivity index (χ0) is 18.0. The summed E-state index contributed by atoms with van der Waals surface area (Å²) in [6.45, 7) is 5.36. The lowest BCUT2D eigenvalue weighted by Gasteiger charge is -2.35. The van der Waals surface area contributed by atoms with Gasteiger partial charge in [-0.15, -0.1) is 0 Å². The summed E-state index contributed by atoms with van der Waals surface area (Å²) in [5.74, 6) is -0.0579. The molecule has 1 amide bonds. The zero-order valence-electron chi connectivity index (χ0n) is 14.2. The van der Waals surface area contributed by atoms with Gasteiger partial charge in [0, 0.05) is 37.7 Å². The maximum Gasteiger partial charge on any atom is 0.308 e. The van der Waals surface area contributed by atoms with Crippen LogP contribution in [0.3, 0.4) is 0 Å². The van der Waals surface area contributed by atoms with Gasteiger partial charge in [0.1, 0.15) is 6.54 Å². The molecule has 0 bridgehead atoms. The smallest absolute Gasteiger partial charge is 0.308 e. The Balaban J connectivity index is 1.65. The number of amides is 1. The van der Waals surface area contributed by atoms with Crippen LogP contribution < -0.4 is 4.87 Å². The molecule has 25 heavy (non-hydrogen) atoms. The van der Waals surface area contributed by atoms with Crippen molar-refractivity contribution < 1.29 is 9.90 Å². The van der Waals surface area contributed by atoms with Crippen LogP contribution >= 0.6 is 22.9 Å². The van der Waals surface area contributed by atoms with Crippen molar-refractivity contribution in [2.24, 2.45) is 0 Å². The van der Waals surface area contributed by atoms with E-state index in [2.05, 4.69) is 4.90 Å². The molecule has 2 aromatic rings. The quantitative estimate of drug-likeness (QED) is 0.852. The van der Waals surface area contributed by atoms with Crippen molar-refractivity contribution in [3.63, 3.8) is 0 Å². The number of β-amino-alcohol motifs (C(OH)–C–C–N with tert-alkyl or cyclic N) is 1. The van der Waals surface area contributed by atoms with Gasteiger partial charge < -0.3 is 10.0 Å². The number of fused-ring (bicyclic) bond motifs is 1. The highest BCUT2D eigenvalue weighted by Gasteiger charge is 2.23. The lowest BCUT2D eigenvalue weighted by molar-refractivity contribution is -0.133. The molecule has 3 rings (SSSR count). The maximum absolute atomic E-state index is 12.6. The Morgan fingerprint density at radius 3 is 2.72 bits per heavy atom. The molecule has 1 saturated heterocycles. The third-order valence-corrected chi connectivity index (χ3v) is 5.78. The number of carbonyl (C=O) groups excluding carboxylic acids is 1. The topological polar surface area (TPSA) is 65.8 Å². The number of aliphatic hydroxyl groups is 1. The molecule has 1 atom stereocenters. The molecular formula is C17H22ClN3O3S. The van der Waals surface area contributed by atoms with Crippen molar-refractivity contribution in [2.45, 2.75) is 26.0 Å². The van der Waals surface area contributed by atoms with Crippen molar-refractivity contribution in [3.8, 4) is 0 Å². The van der Waals surface area contributed by atoms with Crippen molar-refractivity contribution in [1.82, 2.24) is 14.4 Å². The van der Waals surface area contributed by atoms with Gasteiger partial charge in [0.2, 0.25) is 5.91 Å². The van der Waals surface area contributed by atoms with Crippen LogP contribution in [0.4, 0.5) is 0 Å². The summed E-state index contributed by atoms with van der Waals surface area (Å²) in [5, 5.41) is 10.3. The van der Waals surface area contributed by atoms with Crippen LogP contribution in [0.25, 0.3) is 10.2 Å². The van der Waals surface area contributed by atoms with Crippen molar-refractivity contribution in [1.29, 1.82) is 0 Å². The van der Waals surface area contributed by atoms with Gasteiger partial charge in [0.25, 0.3) is 0 Å². The summed E-state index contributed by atoms with van der Waals surface area (Å²) in [5.41, 5.74) is 0.709. The van der Waals surface area contributed by atoms with Gasteiger partial charge in [-0.2, -0.15) is 0 Å². The monoisotopic (exact) mass is 383 g/mol. The van der Waals surface area contributed by atoms with Gasteiger partial charge in [0.05, 0.1) is 16.3 Å². The van der Waals surface area contributed by atoms with Gasteiger partial charge in [0.15, 0.2) is 0 Å². The average molecular weight is 384 g/mol. The predicted octanol–water partition coefficient (Wildman–Crippen LogP) is 1.63. The fourth-order valence-corrected chi connectivity index (χ4v) is 4.06. The van der Waals surface area contributed by atoms with Gasteiger partial charge in [-0.3, -0.25) is 19.1 Å². The molecule has 6 nitrogen and oxygen atoms in total. The average Bonchev–Trinajstić information content (AvgIpc) is 2.90. The molecule has 1 aromatic carbocycles. The third-order valence-electron chi connectivity index (χ3n) is 4.59. The van der Waals surface area contributed by atoms with E-state index in [0.717, 1.165) is 35.5 Å². The molecule has 2 heterocycles. The molecule has 1 aromatic heterocycles. The first-order valence-electron chi connectivity index (χ1n) is 8.45. The van der Waals surface area contributed by atoms with Crippen molar-refractivity contribution in [3.05, 3.63) is 32.9 Å². The number of halogens is 1. The lowest BCUT2D eigenvalue weighted by Crippen LogP contribution is -2.51. The van der Waals surface area contributed by atoms with E-state index in [1.165, 1.54) is 4.57 Å². The highest BCUT2D eigenvalue weighted by atomic mass is 35.5. The van der Waals surface area contributed by atoms with E-state index in [9.17, 15) is 14.7 Å². The number of aromatic nitrogens is 1. The second-order valence-electron chi connectivity index (χ2n) is 6.31. The molecule has 136 valence electrons. The third kappa shape index (κ3) is 4.23. The number of piperazine rings is 1. The number of rotatable bonds is 5. The minimum Gasteiger partial charge on any atom is -0.392 e. The summed E-state index contributed by atoms with van der Waals surface area (Å²) in [4.78, 5) is 28.6. The Morgan fingerprint density at radius 2 is 2.04 bits per heavy atom. The summed E-state index contributed by atoms with van der Waals surface area (Å²) >= 11 is 7.15. The fourth-order valence-electron chi connectivity index (χ4n) is 3.03. The van der Waals surface area contributed by atoms with Crippen LogP contribution in [-0.2, 0) is 11.3 Å². The summed E-state index contributed by atoms with van der Waals surface area (Å²) in [6.07, 6.45) is 0.415.